The second-order valence-corrected chi connectivity index (χ2v) is 16.9. The van der Waals surface area contributed by atoms with Crippen molar-refractivity contribution in [1.82, 2.24) is 26.6 Å². The van der Waals surface area contributed by atoms with Crippen molar-refractivity contribution in [2.24, 2.45) is 0 Å². The molecule has 57 heavy (non-hydrogen) atoms. The van der Waals surface area contributed by atoms with Gasteiger partial charge in [0, 0.05) is 36.3 Å². The first-order chi connectivity index (χ1) is 27.3. The van der Waals surface area contributed by atoms with Crippen molar-refractivity contribution in [1.29, 1.82) is 0 Å². The Hall–Kier alpha value is -5.21. The number of hydrogen-bond donors (Lipinski definition) is 5. The van der Waals surface area contributed by atoms with Crippen LogP contribution in [-0.4, -0.2) is 101 Å². The monoisotopic (exact) mass is 803 g/mol. The molecule has 5 N–H and O–H groups in total. The highest BCUT2D eigenvalue weighted by Gasteiger charge is 2.42. The zero-order chi connectivity index (χ0) is 41.0. The molecule has 0 spiro atoms. The molecule has 15 nitrogen and oxygen atoms in total. The van der Waals surface area contributed by atoms with Crippen LogP contribution < -0.4 is 26.6 Å². The fourth-order valence-electron chi connectivity index (χ4n) is 7.42. The fraction of sp³-hybridized carbons (Fsp3) is 0.537. The van der Waals surface area contributed by atoms with E-state index in [1.165, 1.54) is 0 Å². The summed E-state index contributed by atoms with van der Waals surface area (Å²) >= 11 is 1.85. The molecule has 2 aromatic rings. The normalized spacial score (nSPS) is 19.0. The molecule has 2 aliphatic heterocycles. The van der Waals surface area contributed by atoms with Crippen molar-refractivity contribution < 1.29 is 43.0 Å². The number of hydrogen-bond acceptors (Lipinski definition) is 9. The summed E-state index contributed by atoms with van der Waals surface area (Å²) in [5, 5.41) is 14.5. The number of benzene rings is 2. The molecule has 16 heteroatoms. The van der Waals surface area contributed by atoms with Crippen LogP contribution in [0.15, 0.2) is 48.5 Å². The van der Waals surface area contributed by atoms with Gasteiger partial charge >= 0.3 is 24.3 Å². The average Bonchev–Trinajstić information content (AvgIpc) is 3.83. The molecule has 2 heterocycles. The number of fused-ring (bicyclic) bond motifs is 4. The van der Waals surface area contributed by atoms with Crippen molar-refractivity contribution in [2.75, 3.05) is 18.9 Å². The summed E-state index contributed by atoms with van der Waals surface area (Å²) in [7, 11) is 0. The number of alkyl carbamates (subject to hydrolysis) is 1. The Morgan fingerprint density at radius 2 is 1.61 bits per heavy atom. The number of carbonyl (C=O) groups excluding carboxylic acids is 6. The minimum atomic E-state index is -1.24. The van der Waals surface area contributed by atoms with Gasteiger partial charge in [-0.05, 0) is 81.5 Å². The molecule has 0 saturated carbocycles. The lowest BCUT2D eigenvalue weighted by Crippen LogP contribution is -2.52. The van der Waals surface area contributed by atoms with E-state index in [9.17, 15) is 28.8 Å². The summed E-state index contributed by atoms with van der Waals surface area (Å²) in [6, 6.07) is 13.7. The largest absolute Gasteiger partial charge is 0.458 e. The number of rotatable bonds is 20. The van der Waals surface area contributed by atoms with Crippen LogP contribution in [0.2, 0.25) is 0 Å². The summed E-state index contributed by atoms with van der Waals surface area (Å²) in [6.45, 7) is 5.42. The van der Waals surface area contributed by atoms with Crippen molar-refractivity contribution in [3.05, 3.63) is 65.2 Å². The summed E-state index contributed by atoms with van der Waals surface area (Å²) < 4.78 is 11.2. The van der Waals surface area contributed by atoms with Crippen LogP contribution in [0.25, 0.3) is 16.7 Å². The molecule has 2 fully saturated rings. The Morgan fingerprint density at radius 1 is 0.912 bits per heavy atom. The number of ketones is 1. The number of esters is 1. The lowest BCUT2D eigenvalue weighted by molar-refractivity contribution is -0.159. The number of nitrogens with one attached hydrogen (secondary N) is 5. The van der Waals surface area contributed by atoms with Gasteiger partial charge in [-0.1, -0.05) is 55.0 Å². The highest BCUT2D eigenvalue weighted by molar-refractivity contribution is 8.00. The molecule has 3 aliphatic rings. The second-order valence-electron chi connectivity index (χ2n) is 15.6. The lowest BCUT2D eigenvalue weighted by atomic mass is 9.98. The van der Waals surface area contributed by atoms with Gasteiger partial charge in [0.15, 0.2) is 0 Å². The SMILES string of the molecule is CC(C)(C)OC(=O)[C@H](CCC(=O)C=[N+]=[N-])NC(=O)[C@H](CCCCNC(=O)CCCC[C@@H]1SC[C@H]2NC(=O)N[C@@H]12)NC(=O)OCC1c2ccccc2-c2ccccc21. The van der Waals surface area contributed by atoms with Gasteiger partial charge in [-0.15, -0.1) is 0 Å². The zero-order valence-electron chi connectivity index (χ0n) is 32.7. The van der Waals surface area contributed by atoms with Crippen LogP contribution in [-0.2, 0) is 28.7 Å². The topological polar surface area (TPSA) is 217 Å². The maximum absolute atomic E-state index is 13.8. The van der Waals surface area contributed by atoms with Gasteiger partial charge in [0.05, 0.1) is 12.1 Å². The second kappa shape index (κ2) is 20.3. The Kier molecular flexibility index (Phi) is 15.3. The third kappa shape index (κ3) is 12.4. The first-order valence-corrected chi connectivity index (χ1v) is 20.7. The Bertz CT molecular complexity index is 1800. The average molecular weight is 804 g/mol. The predicted molar refractivity (Wildman–Crippen MR) is 215 cm³/mol. The van der Waals surface area contributed by atoms with Crippen LogP contribution >= 0.6 is 11.8 Å². The van der Waals surface area contributed by atoms with Gasteiger partial charge in [-0.25, -0.2) is 14.4 Å². The minimum absolute atomic E-state index is 0.0314. The van der Waals surface area contributed by atoms with Crippen molar-refractivity contribution in [2.45, 2.75) is 119 Å². The van der Waals surface area contributed by atoms with Crippen LogP contribution in [0.5, 0.6) is 0 Å². The summed E-state index contributed by atoms with van der Waals surface area (Å²) in [6.07, 6.45) is 3.56. The quantitative estimate of drug-likeness (QED) is 0.0320. The van der Waals surface area contributed by atoms with Crippen LogP contribution in [0.1, 0.15) is 95.6 Å². The molecular weight excluding hydrogens is 751 g/mol. The molecule has 0 aromatic heterocycles. The molecule has 5 rings (SSSR count). The number of Topliss-reactive ketones (excluding diaryl/α,β-unsaturated/α-hetero) is 1. The third-order valence-electron chi connectivity index (χ3n) is 10.2. The van der Waals surface area contributed by atoms with E-state index in [0.29, 0.717) is 37.3 Å². The van der Waals surface area contributed by atoms with Gasteiger partial charge in [-0.3, -0.25) is 14.4 Å². The van der Waals surface area contributed by atoms with E-state index in [-0.39, 0.29) is 55.8 Å². The van der Waals surface area contributed by atoms with Gasteiger partial charge in [0.25, 0.3) is 0 Å². The number of ether oxygens (including phenoxy) is 2. The molecule has 0 unspecified atom stereocenters. The maximum atomic E-state index is 13.8. The summed E-state index contributed by atoms with van der Waals surface area (Å²) in [5.74, 6) is -1.37. The standard InChI is InChI=1S/C41H53N7O8S/c1-41(2,3)56-38(52)32(20-19-25(49)22-44-42)45-37(51)31(47-40(54)55-23-30-28-14-6-4-12-26(28)27-13-5-7-15-29(27)30)16-10-11-21-43-35(50)18-9-8-17-34-36-33(24-57-34)46-39(53)48-36/h4-7,12-15,22,30-34,36H,8-11,16-21,23-24H2,1-3H3,(H,43,50)(H,45,51)(H,47,54)(H2,46,48,53)/t31-,32-,33+,34-,36+/m0/s1. The minimum Gasteiger partial charge on any atom is -0.458 e. The molecule has 5 amide bonds. The molecular formula is C41H53N7O8S. The van der Waals surface area contributed by atoms with E-state index >= 15 is 0 Å². The molecule has 5 atom stereocenters. The number of carbonyl (C=O) groups is 6. The van der Waals surface area contributed by atoms with Crippen LogP contribution in [0, 0.1) is 0 Å². The molecule has 2 aromatic carbocycles. The molecule has 2 saturated heterocycles. The van der Waals surface area contributed by atoms with Gasteiger partial charge in [0.1, 0.15) is 24.3 Å². The molecule has 306 valence electrons. The Morgan fingerprint density at radius 3 is 2.30 bits per heavy atom. The smallest absolute Gasteiger partial charge is 0.407 e. The van der Waals surface area contributed by atoms with E-state index in [0.717, 1.165) is 47.3 Å². The molecule has 1 aliphatic carbocycles. The lowest BCUT2D eigenvalue weighted by Gasteiger charge is -2.26. The number of unbranched alkanes of at least 4 members (excludes halogenated alkanes) is 2. The van der Waals surface area contributed by atoms with E-state index < -0.39 is 41.4 Å². The maximum Gasteiger partial charge on any atom is 0.407 e. The first-order valence-electron chi connectivity index (χ1n) is 19.6. The van der Waals surface area contributed by atoms with Gasteiger partial charge in [-0.2, -0.15) is 16.6 Å². The van der Waals surface area contributed by atoms with E-state index in [1.54, 1.807) is 20.8 Å². The van der Waals surface area contributed by atoms with Crippen LogP contribution in [0.3, 0.4) is 0 Å². The van der Waals surface area contributed by atoms with E-state index in [2.05, 4.69) is 31.4 Å². The van der Waals surface area contributed by atoms with Gasteiger partial charge < -0.3 is 41.6 Å². The molecule has 0 radical (unpaired) electrons. The van der Waals surface area contributed by atoms with Crippen molar-refractivity contribution >= 4 is 53.7 Å². The van der Waals surface area contributed by atoms with Gasteiger partial charge in [0.2, 0.25) is 17.6 Å². The number of thioether (sulfide) groups is 1. The van der Waals surface area contributed by atoms with E-state index in [4.69, 9.17) is 15.0 Å². The fourth-order valence-corrected chi connectivity index (χ4v) is 8.97. The molecule has 0 bridgehead atoms. The zero-order valence-corrected chi connectivity index (χ0v) is 33.5. The number of amides is 5. The van der Waals surface area contributed by atoms with E-state index in [1.807, 2.05) is 60.3 Å². The van der Waals surface area contributed by atoms with Crippen molar-refractivity contribution in [3.63, 3.8) is 0 Å². The highest BCUT2D eigenvalue weighted by Crippen LogP contribution is 2.44. The summed E-state index contributed by atoms with van der Waals surface area (Å²) in [4.78, 5) is 79.3. The Balaban J connectivity index is 1.14. The van der Waals surface area contributed by atoms with Crippen LogP contribution in [0.4, 0.5) is 9.59 Å². The Labute approximate surface area is 337 Å². The first kappa shape index (κ1) is 42.9. The number of nitrogens with zero attached hydrogens (tertiary/aromatic N) is 2. The van der Waals surface area contributed by atoms with Crippen molar-refractivity contribution in [3.8, 4) is 11.1 Å². The summed E-state index contributed by atoms with van der Waals surface area (Å²) in [5.41, 5.74) is 12.1. The number of urea groups is 1. The third-order valence-corrected chi connectivity index (χ3v) is 11.7. The highest BCUT2D eigenvalue weighted by atomic mass is 32.2. The predicted octanol–water partition coefficient (Wildman–Crippen LogP) is 4.38.